The minimum absolute atomic E-state index is 0.844. The molecule has 1 saturated heterocycles. The lowest BCUT2D eigenvalue weighted by Crippen LogP contribution is -3.16. The van der Waals surface area contributed by atoms with Crippen LogP contribution in [-0.2, 0) is 0 Å². The Morgan fingerprint density at radius 3 is 2.00 bits per heavy atom. The molecule has 0 atom stereocenters. The van der Waals surface area contributed by atoms with Gasteiger partial charge < -0.3 is 4.90 Å². The molecule has 2 rings (SSSR count). The van der Waals surface area contributed by atoms with E-state index in [4.69, 9.17) is 0 Å². The third-order valence-corrected chi connectivity index (χ3v) is 2.21. The Hall–Kier alpha value is -0.0400. The zero-order valence-corrected chi connectivity index (χ0v) is 4.54. The summed E-state index contributed by atoms with van der Waals surface area (Å²) in [6, 6.07) is 0. The third-order valence-electron chi connectivity index (χ3n) is 2.21. The Labute approximate surface area is 44.3 Å². The normalized spacial score (nSPS) is 35.6. The largest absolute Gasteiger partial charge is 0.467 e. The molecule has 2 aliphatic rings. The highest BCUT2D eigenvalue weighted by molar-refractivity contribution is 4.96. The van der Waals surface area contributed by atoms with Crippen molar-refractivity contribution < 1.29 is 4.90 Å². The second kappa shape index (κ2) is 0.873. The molecule has 1 heteroatoms. The molecule has 0 aromatic heterocycles. The van der Waals surface area contributed by atoms with Gasteiger partial charge in [-0.3, -0.25) is 0 Å². The van der Waals surface area contributed by atoms with E-state index in [0.29, 0.717) is 0 Å². The van der Waals surface area contributed by atoms with Gasteiger partial charge in [-0.25, -0.2) is 0 Å². The molecule has 1 heterocycles. The zero-order chi connectivity index (χ0) is 4.91. The summed E-state index contributed by atoms with van der Waals surface area (Å²) in [5.41, 5.74) is 0.844. The van der Waals surface area contributed by atoms with Crippen LogP contribution in [0.5, 0.6) is 0 Å². The summed E-state index contributed by atoms with van der Waals surface area (Å²) in [6.07, 6.45) is 2.98. The van der Waals surface area contributed by atoms with Crippen LogP contribution in [0.2, 0.25) is 0 Å². The van der Waals surface area contributed by atoms with Crippen molar-refractivity contribution in [3.63, 3.8) is 0 Å². The minimum atomic E-state index is 0.844. The first-order chi connectivity index (χ1) is 3.31. The molecule has 1 saturated carbocycles. The van der Waals surface area contributed by atoms with E-state index in [-0.39, 0.29) is 0 Å². The number of nitrogens with one attached hydrogen (secondary N) is 1. The van der Waals surface area contributed by atoms with Gasteiger partial charge in [0.2, 0.25) is 0 Å². The summed E-state index contributed by atoms with van der Waals surface area (Å²) in [6.45, 7) is 2.71. The Bertz CT molecular complexity index is 86.4. The highest BCUT2D eigenvalue weighted by Gasteiger charge is 2.53. The fraction of sp³-hybridized carbons (Fsp3) is 0.833. The lowest BCUT2D eigenvalue weighted by molar-refractivity contribution is -0.912. The standard InChI is InChI=1S/C6H11N/c1-7-4-6(5-7)2-3-6/h7H,1-5H2. The van der Waals surface area contributed by atoms with E-state index < -0.39 is 0 Å². The van der Waals surface area contributed by atoms with Crippen LogP contribution >= 0.6 is 0 Å². The van der Waals surface area contributed by atoms with Crippen LogP contribution in [0.4, 0.5) is 0 Å². The van der Waals surface area contributed by atoms with Crippen molar-refractivity contribution >= 4 is 0 Å². The smallest absolute Gasteiger partial charge is 0.0641 e. The molecule has 1 N–H and O–H groups in total. The molecule has 1 nitrogen and oxygen atoms in total. The Morgan fingerprint density at radius 2 is 1.86 bits per heavy atom. The predicted octanol–water partition coefficient (Wildman–Crippen LogP) is -0.543. The van der Waals surface area contributed by atoms with Crippen molar-refractivity contribution in [1.82, 2.24) is 0 Å². The van der Waals surface area contributed by atoms with E-state index in [0.717, 1.165) is 5.41 Å². The number of rotatable bonds is 0. The molecule has 0 aromatic rings. The highest BCUT2D eigenvalue weighted by atomic mass is 15.2. The van der Waals surface area contributed by atoms with Gasteiger partial charge in [-0.05, 0) is 12.8 Å². The van der Waals surface area contributed by atoms with Gasteiger partial charge in [0.15, 0.2) is 0 Å². The van der Waals surface area contributed by atoms with Gasteiger partial charge in [0, 0.05) is 0 Å². The van der Waals surface area contributed by atoms with Gasteiger partial charge in [0.1, 0.15) is 0 Å². The Balaban J connectivity index is 1.97. The summed E-state index contributed by atoms with van der Waals surface area (Å²) < 4.78 is 0. The maximum Gasteiger partial charge on any atom is 0.0641 e. The van der Waals surface area contributed by atoms with Gasteiger partial charge in [-0.1, -0.05) is 0 Å². The van der Waals surface area contributed by atoms with Crippen molar-refractivity contribution in [2.75, 3.05) is 13.1 Å². The summed E-state index contributed by atoms with van der Waals surface area (Å²) in [7, 11) is 3.90. The van der Waals surface area contributed by atoms with Crippen molar-refractivity contribution in [2.24, 2.45) is 5.41 Å². The van der Waals surface area contributed by atoms with Crippen molar-refractivity contribution in [2.45, 2.75) is 12.8 Å². The molecule has 0 bridgehead atoms. The van der Waals surface area contributed by atoms with E-state index >= 15 is 0 Å². The van der Waals surface area contributed by atoms with Crippen LogP contribution in [0, 0.1) is 12.5 Å². The molecule has 1 aliphatic carbocycles. The molecular weight excluding hydrogens is 86.1 g/mol. The Kier molecular flexibility index (Phi) is 0.487. The predicted molar refractivity (Wildman–Crippen MR) is 27.7 cm³/mol. The fourth-order valence-electron chi connectivity index (χ4n) is 1.54. The SMILES string of the molecule is [CH2-][NH+]1CC2(CC2)C1. The molecule has 1 spiro atoms. The number of hydrogen-bond donors (Lipinski definition) is 1. The van der Waals surface area contributed by atoms with Crippen molar-refractivity contribution in [3.05, 3.63) is 7.05 Å². The van der Waals surface area contributed by atoms with Crippen LogP contribution in [0.25, 0.3) is 0 Å². The molecule has 0 amide bonds. The van der Waals surface area contributed by atoms with Crippen molar-refractivity contribution in [1.29, 1.82) is 0 Å². The van der Waals surface area contributed by atoms with Gasteiger partial charge in [0.25, 0.3) is 0 Å². The molecule has 7 heavy (non-hydrogen) atoms. The van der Waals surface area contributed by atoms with Gasteiger partial charge in [-0.2, -0.15) is 7.05 Å². The van der Waals surface area contributed by atoms with Crippen LogP contribution in [0.3, 0.4) is 0 Å². The van der Waals surface area contributed by atoms with Crippen molar-refractivity contribution in [3.8, 4) is 0 Å². The lowest BCUT2D eigenvalue weighted by Gasteiger charge is -2.38. The maximum absolute atomic E-state index is 3.90. The highest BCUT2D eigenvalue weighted by Crippen LogP contribution is 2.46. The van der Waals surface area contributed by atoms with Gasteiger partial charge in [0.05, 0.1) is 18.5 Å². The van der Waals surface area contributed by atoms with E-state index in [1.807, 2.05) is 0 Å². The molecule has 0 radical (unpaired) electrons. The first-order valence-electron chi connectivity index (χ1n) is 2.97. The average molecular weight is 97.2 g/mol. The third kappa shape index (κ3) is 0.418. The molecule has 0 unspecified atom stereocenters. The fourth-order valence-corrected chi connectivity index (χ4v) is 1.54. The molecular formula is C6H11N. The second-order valence-corrected chi connectivity index (χ2v) is 3.10. The number of likely N-dealkylation sites (tertiary alicyclic amines) is 1. The molecule has 1 aliphatic heterocycles. The van der Waals surface area contributed by atoms with Gasteiger partial charge >= 0.3 is 0 Å². The Morgan fingerprint density at radius 1 is 1.29 bits per heavy atom. The first kappa shape index (κ1) is 3.90. The quantitative estimate of drug-likeness (QED) is 0.387. The topological polar surface area (TPSA) is 4.44 Å². The van der Waals surface area contributed by atoms with Crippen LogP contribution in [0.15, 0.2) is 0 Å². The summed E-state index contributed by atoms with van der Waals surface area (Å²) in [5, 5.41) is 0. The summed E-state index contributed by atoms with van der Waals surface area (Å²) in [5.74, 6) is 0. The van der Waals surface area contributed by atoms with E-state index in [9.17, 15) is 0 Å². The summed E-state index contributed by atoms with van der Waals surface area (Å²) in [4.78, 5) is 1.48. The van der Waals surface area contributed by atoms with Crippen LogP contribution < -0.4 is 4.90 Å². The zero-order valence-electron chi connectivity index (χ0n) is 4.54. The number of quaternary nitrogens is 1. The first-order valence-corrected chi connectivity index (χ1v) is 2.97. The molecule has 2 fully saturated rings. The monoisotopic (exact) mass is 97.1 g/mol. The van der Waals surface area contributed by atoms with E-state index in [1.165, 1.54) is 30.8 Å². The van der Waals surface area contributed by atoms with E-state index in [2.05, 4.69) is 7.05 Å². The number of hydrogen-bond acceptors (Lipinski definition) is 0. The van der Waals surface area contributed by atoms with E-state index in [1.54, 1.807) is 0 Å². The van der Waals surface area contributed by atoms with Crippen LogP contribution in [-0.4, -0.2) is 13.1 Å². The lowest BCUT2D eigenvalue weighted by atomic mass is 9.98. The second-order valence-electron chi connectivity index (χ2n) is 3.10. The van der Waals surface area contributed by atoms with Gasteiger partial charge in [-0.15, -0.1) is 0 Å². The maximum atomic E-state index is 3.90. The minimum Gasteiger partial charge on any atom is -0.467 e. The van der Waals surface area contributed by atoms with Crippen LogP contribution in [0.1, 0.15) is 12.8 Å². The molecule has 40 valence electrons. The average Bonchev–Trinajstić information content (AvgIpc) is 2.14. The summed E-state index contributed by atoms with van der Waals surface area (Å²) >= 11 is 0. The molecule has 0 aromatic carbocycles.